The molecule has 6 nitrogen and oxygen atoms in total. The number of piperidine rings is 1. The third-order valence-corrected chi connectivity index (χ3v) is 8.08. The zero-order valence-electron chi connectivity index (χ0n) is 14.2. The van der Waals surface area contributed by atoms with Crippen molar-refractivity contribution in [2.45, 2.75) is 28.7 Å². The van der Waals surface area contributed by atoms with E-state index in [-0.39, 0.29) is 33.9 Å². The molecule has 0 aliphatic carbocycles. The monoisotopic (exact) mass is 432 g/mol. The highest BCUT2D eigenvalue weighted by Crippen LogP contribution is 2.25. The normalized spacial score (nSPS) is 17.1. The summed E-state index contributed by atoms with van der Waals surface area (Å²) in [5, 5.41) is -0.262. The minimum absolute atomic E-state index is 0.0859. The van der Waals surface area contributed by atoms with Gasteiger partial charge in [-0.2, -0.15) is 4.31 Å². The fourth-order valence-corrected chi connectivity index (χ4v) is 5.96. The molecule has 1 saturated heterocycles. The summed E-state index contributed by atoms with van der Waals surface area (Å²) in [6.45, 7) is 0.304. The molecule has 0 amide bonds. The maximum Gasteiger partial charge on any atom is 0.243 e. The lowest BCUT2D eigenvalue weighted by Gasteiger charge is -2.31. The van der Waals surface area contributed by atoms with Gasteiger partial charge in [0.15, 0.2) is 0 Å². The molecule has 2 aromatic carbocycles. The molecule has 146 valence electrons. The van der Waals surface area contributed by atoms with Crippen LogP contribution < -0.4 is 4.72 Å². The van der Waals surface area contributed by atoms with Crippen LogP contribution in [-0.4, -0.2) is 40.3 Å². The first-order valence-electron chi connectivity index (χ1n) is 8.23. The Hall–Kier alpha value is -1.52. The van der Waals surface area contributed by atoms with E-state index >= 15 is 0 Å². The van der Waals surface area contributed by atoms with Crippen molar-refractivity contribution in [3.63, 3.8) is 0 Å². The van der Waals surface area contributed by atoms with Crippen LogP contribution in [0.25, 0.3) is 0 Å². The predicted octanol–water partition coefficient (Wildman–Crippen LogP) is 2.61. The Morgan fingerprint density at radius 1 is 0.963 bits per heavy atom. The second-order valence-electron chi connectivity index (χ2n) is 6.19. The first-order chi connectivity index (χ1) is 12.7. The summed E-state index contributed by atoms with van der Waals surface area (Å²) >= 11 is 5.68. The lowest BCUT2D eigenvalue weighted by Crippen LogP contribution is -2.46. The minimum atomic E-state index is -3.82. The number of nitrogens with one attached hydrogen (secondary N) is 1. The first kappa shape index (κ1) is 20.2. The summed E-state index contributed by atoms with van der Waals surface area (Å²) in [5.41, 5.74) is 0. The molecule has 10 heteroatoms. The van der Waals surface area contributed by atoms with Gasteiger partial charge in [0.25, 0.3) is 0 Å². The maximum absolute atomic E-state index is 13.3. The van der Waals surface area contributed by atoms with Crippen LogP contribution in [0.4, 0.5) is 4.39 Å². The van der Waals surface area contributed by atoms with E-state index in [9.17, 15) is 21.2 Å². The van der Waals surface area contributed by atoms with Gasteiger partial charge >= 0.3 is 0 Å². The van der Waals surface area contributed by atoms with Crippen LogP contribution >= 0.6 is 11.6 Å². The lowest BCUT2D eigenvalue weighted by atomic mass is 10.1. The molecule has 0 bridgehead atoms. The van der Waals surface area contributed by atoms with Crippen molar-refractivity contribution in [1.29, 1.82) is 0 Å². The topological polar surface area (TPSA) is 83.6 Å². The predicted molar refractivity (Wildman–Crippen MR) is 100.0 cm³/mol. The molecule has 1 N–H and O–H groups in total. The van der Waals surface area contributed by atoms with Gasteiger partial charge in [0.05, 0.1) is 14.8 Å². The Kier molecular flexibility index (Phi) is 5.87. The van der Waals surface area contributed by atoms with Crippen LogP contribution in [-0.2, 0) is 20.0 Å². The zero-order chi connectivity index (χ0) is 19.7. The molecular formula is C17H18ClFN2O4S2. The van der Waals surface area contributed by atoms with E-state index < -0.39 is 25.9 Å². The molecule has 1 aliphatic rings. The van der Waals surface area contributed by atoms with Crippen LogP contribution in [0.2, 0.25) is 5.02 Å². The number of hydrogen-bond donors (Lipinski definition) is 1. The molecular weight excluding hydrogens is 415 g/mol. The molecule has 0 atom stereocenters. The maximum atomic E-state index is 13.3. The summed E-state index contributed by atoms with van der Waals surface area (Å²) in [4.78, 5) is 0.0817. The van der Waals surface area contributed by atoms with E-state index in [1.807, 2.05) is 0 Å². The van der Waals surface area contributed by atoms with Gasteiger partial charge < -0.3 is 0 Å². The third kappa shape index (κ3) is 4.49. The Morgan fingerprint density at radius 3 is 2.19 bits per heavy atom. The van der Waals surface area contributed by atoms with Gasteiger partial charge in [-0.05, 0) is 43.2 Å². The largest absolute Gasteiger partial charge is 0.243 e. The second-order valence-corrected chi connectivity index (χ2v) is 10.2. The van der Waals surface area contributed by atoms with Crippen molar-refractivity contribution in [3.8, 4) is 0 Å². The highest BCUT2D eigenvalue weighted by Gasteiger charge is 2.31. The van der Waals surface area contributed by atoms with Gasteiger partial charge in [0.1, 0.15) is 5.82 Å². The van der Waals surface area contributed by atoms with Crippen molar-refractivity contribution < 1.29 is 21.2 Å². The van der Waals surface area contributed by atoms with Crippen LogP contribution in [0.15, 0.2) is 58.3 Å². The molecule has 2 aromatic rings. The fourth-order valence-electron chi connectivity index (χ4n) is 2.89. The average molecular weight is 433 g/mol. The quantitative estimate of drug-likeness (QED) is 0.787. The highest BCUT2D eigenvalue weighted by molar-refractivity contribution is 7.89. The Labute approximate surface area is 163 Å². The van der Waals surface area contributed by atoms with Crippen LogP contribution in [0.1, 0.15) is 12.8 Å². The highest BCUT2D eigenvalue weighted by atomic mass is 35.5. The summed E-state index contributed by atoms with van der Waals surface area (Å²) < 4.78 is 67.2. The van der Waals surface area contributed by atoms with Crippen molar-refractivity contribution in [3.05, 3.63) is 59.4 Å². The number of nitrogens with zero attached hydrogens (tertiary/aromatic N) is 1. The summed E-state index contributed by atoms with van der Waals surface area (Å²) in [6, 6.07) is 10.9. The van der Waals surface area contributed by atoms with Gasteiger partial charge in [-0.3, -0.25) is 0 Å². The minimum Gasteiger partial charge on any atom is -0.208 e. The molecule has 0 unspecified atom stereocenters. The van der Waals surface area contributed by atoms with Crippen molar-refractivity contribution in [2.24, 2.45) is 0 Å². The number of benzene rings is 2. The van der Waals surface area contributed by atoms with Gasteiger partial charge in [0, 0.05) is 19.1 Å². The van der Waals surface area contributed by atoms with Gasteiger partial charge in [-0.15, -0.1) is 0 Å². The molecule has 0 saturated carbocycles. The summed E-state index contributed by atoms with van der Waals surface area (Å²) in [6.07, 6.45) is 0.667. The van der Waals surface area contributed by atoms with Crippen molar-refractivity contribution >= 4 is 31.6 Å². The number of hydrogen-bond acceptors (Lipinski definition) is 4. The number of sulfonamides is 2. The molecule has 1 heterocycles. The Morgan fingerprint density at radius 2 is 1.59 bits per heavy atom. The van der Waals surface area contributed by atoms with E-state index in [1.165, 1.54) is 22.5 Å². The van der Waals surface area contributed by atoms with E-state index in [4.69, 9.17) is 11.6 Å². The van der Waals surface area contributed by atoms with Gasteiger partial charge in [0.2, 0.25) is 20.0 Å². The van der Waals surface area contributed by atoms with Crippen molar-refractivity contribution in [1.82, 2.24) is 9.03 Å². The molecule has 27 heavy (non-hydrogen) atoms. The molecule has 0 spiro atoms. The Bertz CT molecular complexity index is 1020. The Balaban J connectivity index is 1.67. The van der Waals surface area contributed by atoms with E-state index in [2.05, 4.69) is 4.72 Å². The molecule has 1 aliphatic heterocycles. The number of rotatable bonds is 5. The van der Waals surface area contributed by atoms with Crippen molar-refractivity contribution in [2.75, 3.05) is 13.1 Å². The van der Waals surface area contributed by atoms with Crippen LogP contribution in [0.5, 0.6) is 0 Å². The fraction of sp³-hybridized carbons (Fsp3) is 0.294. The van der Waals surface area contributed by atoms with Crippen LogP contribution in [0.3, 0.4) is 0 Å². The second kappa shape index (κ2) is 7.84. The molecule has 3 rings (SSSR count). The van der Waals surface area contributed by atoms with E-state index in [0.29, 0.717) is 12.8 Å². The standard InChI is InChI=1S/C17H18ClFN2O4S2/c18-16-12-15(6-7-17(16)19)27(24,25)21-10-8-13(9-11-21)20-26(22,23)14-4-2-1-3-5-14/h1-7,12-13,20H,8-11H2. The average Bonchev–Trinajstić information content (AvgIpc) is 2.65. The smallest absolute Gasteiger partial charge is 0.208 e. The molecule has 1 fully saturated rings. The van der Waals surface area contributed by atoms with E-state index in [1.54, 1.807) is 18.2 Å². The molecule has 0 radical (unpaired) electrons. The van der Waals surface area contributed by atoms with Gasteiger partial charge in [-0.25, -0.2) is 25.9 Å². The van der Waals surface area contributed by atoms with E-state index in [0.717, 1.165) is 12.1 Å². The number of halogens is 2. The third-order valence-electron chi connectivity index (χ3n) is 4.36. The SMILES string of the molecule is O=S(=O)(NC1CCN(S(=O)(=O)c2ccc(F)c(Cl)c2)CC1)c1ccccc1. The zero-order valence-corrected chi connectivity index (χ0v) is 16.6. The lowest BCUT2D eigenvalue weighted by molar-refractivity contribution is 0.308. The van der Waals surface area contributed by atoms with Gasteiger partial charge in [-0.1, -0.05) is 29.8 Å². The first-order valence-corrected chi connectivity index (χ1v) is 11.5. The molecule has 0 aromatic heterocycles. The van der Waals surface area contributed by atoms with Crippen LogP contribution in [0, 0.1) is 5.82 Å². The summed E-state index contributed by atoms with van der Waals surface area (Å²) in [7, 11) is -7.47. The summed E-state index contributed by atoms with van der Waals surface area (Å²) in [5.74, 6) is -0.690.